The summed E-state index contributed by atoms with van der Waals surface area (Å²) in [5, 5.41) is 5.06. The smallest absolute Gasteiger partial charge is 0.269 e. The number of aryl methyl sites for hydroxylation is 2. The second-order valence-corrected chi connectivity index (χ2v) is 11.4. The zero-order chi connectivity index (χ0) is 26.4. The van der Waals surface area contributed by atoms with E-state index in [1.54, 1.807) is 48.9 Å². The largest absolute Gasteiger partial charge is 0.377 e. The van der Waals surface area contributed by atoms with Gasteiger partial charge in [0.05, 0.1) is 35.5 Å². The minimum atomic E-state index is -3.82. The molecule has 0 N–H and O–H groups in total. The van der Waals surface area contributed by atoms with Gasteiger partial charge in [0.25, 0.3) is 10.0 Å². The molecule has 0 unspecified atom stereocenters. The van der Waals surface area contributed by atoms with Gasteiger partial charge in [0.1, 0.15) is 5.82 Å². The number of anilines is 1. The topological polar surface area (TPSA) is 95.1 Å². The van der Waals surface area contributed by atoms with Crippen LogP contribution in [0, 0.1) is 6.92 Å². The first kappa shape index (κ1) is 24.3. The third-order valence-corrected chi connectivity index (χ3v) is 8.68. The Hall–Kier alpha value is -4.02. The van der Waals surface area contributed by atoms with Gasteiger partial charge in [0.15, 0.2) is 5.65 Å². The van der Waals surface area contributed by atoms with Crippen LogP contribution in [0.1, 0.15) is 12.5 Å². The summed E-state index contributed by atoms with van der Waals surface area (Å²) < 4.78 is 35.7. The van der Waals surface area contributed by atoms with Crippen LogP contribution in [0.4, 0.5) is 5.82 Å². The molecule has 0 aliphatic carbocycles. The molecule has 1 fully saturated rings. The number of pyridine rings is 2. The van der Waals surface area contributed by atoms with E-state index in [9.17, 15) is 8.42 Å². The molecule has 0 radical (unpaired) electrons. The second-order valence-electron chi connectivity index (χ2n) is 9.58. The monoisotopic (exact) mass is 528 g/mol. The number of ether oxygens (including phenoxy) is 1. The third-order valence-electron chi connectivity index (χ3n) is 7.00. The average Bonchev–Trinajstić information content (AvgIpc) is 3.55. The molecule has 0 bridgehead atoms. The van der Waals surface area contributed by atoms with E-state index in [1.807, 2.05) is 36.9 Å². The Morgan fingerprint density at radius 1 is 1.03 bits per heavy atom. The van der Waals surface area contributed by atoms with Gasteiger partial charge in [-0.2, -0.15) is 5.10 Å². The molecule has 38 heavy (non-hydrogen) atoms. The molecule has 4 aromatic heterocycles. The van der Waals surface area contributed by atoms with E-state index in [2.05, 4.69) is 28.0 Å². The normalized spacial score (nSPS) is 16.3. The standard InChI is InChI=1S/C28H28N6O3S/c1-19-4-6-22(7-5-19)38(35,36)34-13-10-24-23(8-11-29-28(24)34)25-16-21(26-9-12-30-32(26)3)17-27(31-25)33-14-15-37-18-20(33)2/h4-13,16-17,20H,14-15,18H2,1-3H3/t20-/m1/s1. The molecule has 1 aliphatic rings. The Kier molecular flexibility index (Phi) is 6.00. The molecule has 5 heterocycles. The molecule has 194 valence electrons. The summed E-state index contributed by atoms with van der Waals surface area (Å²) in [5.74, 6) is 0.839. The van der Waals surface area contributed by atoms with Crippen LogP contribution < -0.4 is 4.90 Å². The molecule has 5 aromatic rings. The van der Waals surface area contributed by atoms with Crippen LogP contribution >= 0.6 is 0 Å². The highest BCUT2D eigenvalue weighted by molar-refractivity contribution is 7.90. The van der Waals surface area contributed by atoms with Gasteiger partial charge in [0, 0.05) is 48.7 Å². The van der Waals surface area contributed by atoms with Gasteiger partial charge >= 0.3 is 0 Å². The molecule has 1 aliphatic heterocycles. The van der Waals surface area contributed by atoms with Crippen molar-refractivity contribution in [3.05, 3.63) is 78.8 Å². The Balaban J connectivity index is 1.52. The zero-order valence-electron chi connectivity index (χ0n) is 21.4. The maximum Gasteiger partial charge on any atom is 0.269 e. The van der Waals surface area contributed by atoms with Crippen molar-refractivity contribution in [3.8, 4) is 22.5 Å². The van der Waals surface area contributed by atoms with Crippen molar-refractivity contribution in [1.29, 1.82) is 0 Å². The molecule has 6 rings (SSSR count). The predicted molar refractivity (Wildman–Crippen MR) is 147 cm³/mol. The van der Waals surface area contributed by atoms with Crippen molar-refractivity contribution in [2.75, 3.05) is 24.7 Å². The van der Waals surface area contributed by atoms with E-state index in [0.29, 0.717) is 24.2 Å². The maximum atomic E-state index is 13.5. The van der Waals surface area contributed by atoms with Gasteiger partial charge in [-0.05, 0) is 56.3 Å². The first-order valence-electron chi connectivity index (χ1n) is 12.5. The highest BCUT2D eigenvalue weighted by Gasteiger charge is 2.24. The fourth-order valence-electron chi connectivity index (χ4n) is 4.93. The van der Waals surface area contributed by atoms with Crippen molar-refractivity contribution < 1.29 is 13.2 Å². The molecule has 0 spiro atoms. The van der Waals surface area contributed by atoms with Crippen LogP contribution in [-0.2, 0) is 21.8 Å². The van der Waals surface area contributed by atoms with Crippen molar-refractivity contribution in [1.82, 2.24) is 23.7 Å². The van der Waals surface area contributed by atoms with Gasteiger partial charge < -0.3 is 9.64 Å². The van der Waals surface area contributed by atoms with Crippen LogP contribution in [0.25, 0.3) is 33.5 Å². The minimum absolute atomic E-state index is 0.170. The lowest BCUT2D eigenvalue weighted by molar-refractivity contribution is 0.0985. The van der Waals surface area contributed by atoms with Crippen LogP contribution in [0.5, 0.6) is 0 Å². The van der Waals surface area contributed by atoms with Crippen molar-refractivity contribution >= 4 is 26.9 Å². The van der Waals surface area contributed by atoms with Gasteiger partial charge in [-0.1, -0.05) is 17.7 Å². The fourth-order valence-corrected chi connectivity index (χ4v) is 6.23. The number of rotatable bonds is 5. The first-order chi connectivity index (χ1) is 18.3. The summed E-state index contributed by atoms with van der Waals surface area (Å²) in [5.41, 5.74) is 4.82. The molecular formula is C28H28N6O3S. The van der Waals surface area contributed by atoms with E-state index in [-0.39, 0.29) is 10.9 Å². The van der Waals surface area contributed by atoms with Gasteiger partial charge in [0.2, 0.25) is 0 Å². The Labute approximate surface area is 221 Å². The molecule has 0 saturated carbocycles. The summed E-state index contributed by atoms with van der Waals surface area (Å²) in [4.78, 5) is 12.0. The number of hydrogen-bond acceptors (Lipinski definition) is 7. The Bertz CT molecular complexity index is 1740. The van der Waals surface area contributed by atoms with Crippen molar-refractivity contribution in [3.63, 3.8) is 0 Å². The van der Waals surface area contributed by atoms with Crippen molar-refractivity contribution in [2.45, 2.75) is 24.8 Å². The molecule has 1 saturated heterocycles. The summed E-state index contributed by atoms with van der Waals surface area (Å²) in [6.07, 6.45) is 4.97. The summed E-state index contributed by atoms with van der Waals surface area (Å²) in [7, 11) is -1.91. The van der Waals surface area contributed by atoms with E-state index in [4.69, 9.17) is 9.72 Å². The number of fused-ring (bicyclic) bond motifs is 1. The van der Waals surface area contributed by atoms with Gasteiger partial charge in [-0.3, -0.25) is 4.68 Å². The molecule has 10 heteroatoms. The van der Waals surface area contributed by atoms with Crippen LogP contribution in [0.2, 0.25) is 0 Å². The van der Waals surface area contributed by atoms with Crippen LogP contribution in [0.3, 0.4) is 0 Å². The average molecular weight is 529 g/mol. The van der Waals surface area contributed by atoms with E-state index < -0.39 is 10.0 Å². The quantitative estimate of drug-likeness (QED) is 0.336. The summed E-state index contributed by atoms with van der Waals surface area (Å²) in [6, 6.07) is 16.7. The number of aromatic nitrogens is 5. The molecule has 0 amide bonds. The van der Waals surface area contributed by atoms with Gasteiger partial charge in [-0.15, -0.1) is 0 Å². The lowest BCUT2D eigenvalue weighted by atomic mass is 10.0. The lowest BCUT2D eigenvalue weighted by Gasteiger charge is -2.34. The highest BCUT2D eigenvalue weighted by Crippen LogP contribution is 2.34. The van der Waals surface area contributed by atoms with E-state index in [1.165, 1.54) is 3.97 Å². The SMILES string of the molecule is Cc1ccc(S(=O)(=O)n2ccc3c(-c4cc(-c5ccnn5C)cc(N5CCOC[C@H]5C)n4)ccnc32)cc1. The molecule has 1 aromatic carbocycles. The first-order valence-corrected chi connectivity index (χ1v) is 13.9. The van der Waals surface area contributed by atoms with Crippen LogP contribution in [-0.4, -0.2) is 57.9 Å². The molecule has 1 atom stereocenters. The minimum Gasteiger partial charge on any atom is -0.377 e. The number of hydrogen-bond donors (Lipinski definition) is 0. The third kappa shape index (κ3) is 4.15. The number of nitrogens with zero attached hydrogens (tertiary/aromatic N) is 6. The predicted octanol–water partition coefficient (Wildman–Crippen LogP) is 4.27. The van der Waals surface area contributed by atoms with Gasteiger partial charge in [-0.25, -0.2) is 22.4 Å². The molecular weight excluding hydrogens is 500 g/mol. The summed E-state index contributed by atoms with van der Waals surface area (Å²) >= 11 is 0. The number of morpholine rings is 1. The van der Waals surface area contributed by atoms with E-state index >= 15 is 0 Å². The summed E-state index contributed by atoms with van der Waals surface area (Å²) in [6.45, 7) is 6.05. The second kappa shape index (κ2) is 9.38. The van der Waals surface area contributed by atoms with E-state index in [0.717, 1.165) is 40.4 Å². The Morgan fingerprint density at radius 3 is 2.58 bits per heavy atom. The van der Waals surface area contributed by atoms with Crippen LogP contribution in [0.15, 0.2) is 78.1 Å². The fraction of sp³-hybridized carbons (Fsp3) is 0.250. The number of benzene rings is 1. The Morgan fingerprint density at radius 2 is 1.84 bits per heavy atom. The molecule has 9 nitrogen and oxygen atoms in total. The van der Waals surface area contributed by atoms with Crippen molar-refractivity contribution in [2.24, 2.45) is 7.05 Å². The lowest BCUT2D eigenvalue weighted by Crippen LogP contribution is -2.44. The zero-order valence-corrected chi connectivity index (χ0v) is 22.3. The maximum absolute atomic E-state index is 13.5. The highest BCUT2D eigenvalue weighted by atomic mass is 32.2.